The van der Waals surface area contributed by atoms with Gasteiger partial charge in [-0.3, -0.25) is 10.1 Å². The smallest absolute Gasteiger partial charge is 0.319 e. The highest BCUT2D eigenvalue weighted by molar-refractivity contribution is 7.11. The molecule has 9 nitrogen and oxygen atoms in total. The highest BCUT2D eigenvalue weighted by atomic mass is 35.5. The molecule has 0 aliphatic rings. The number of nitrogens with two attached hydrogens (primary N) is 1. The second-order valence-electron chi connectivity index (χ2n) is 7.84. The SMILES string of the molecule is CN(C)CC(O)CCCCCNC(=O)Nc1snc(OCc2c(F)cc(Cl)cc2F)c1C(N)=O. The minimum Gasteiger partial charge on any atom is -0.471 e. The van der Waals surface area contributed by atoms with Gasteiger partial charge in [0.1, 0.15) is 28.8 Å². The number of halogens is 3. The summed E-state index contributed by atoms with van der Waals surface area (Å²) < 4.78 is 37.1. The van der Waals surface area contributed by atoms with Crippen LogP contribution in [0.25, 0.3) is 0 Å². The van der Waals surface area contributed by atoms with E-state index in [0.717, 1.165) is 36.5 Å². The van der Waals surface area contributed by atoms with Gasteiger partial charge in [-0.2, -0.15) is 4.37 Å². The molecule has 0 saturated heterocycles. The van der Waals surface area contributed by atoms with Crippen molar-refractivity contribution in [2.75, 3.05) is 32.5 Å². The number of amides is 3. The first-order valence-electron chi connectivity index (χ1n) is 10.5. The van der Waals surface area contributed by atoms with Gasteiger partial charge < -0.3 is 25.8 Å². The number of aliphatic hydroxyl groups excluding tert-OH is 1. The molecule has 0 spiro atoms. The lowest BCUT2D eigenvalue weighted by atomic mass is 10.1. The molecule has 3 amide bonds. The molecule has 188 valence electrons. The first-order chi connectivity index (χ1) is 16.1. The molecule has 0 saturated carbocycles. The van der Waals surface area contributed by atoms with Gasteiger partial charge in [0.25, 0.3) is 5.91 Å². The van der Waals surface area contributed by atoms with E-state index >= 15 is 0 Å². The number of hydrogen-bond acceptors (Lipinski definition) is 7. The van der Waals surface area contributed by atoms with Crippen molar-refractivity contribution in [3.05, 3.63) is 39.9 Å². The number of aliphatic hydroxyl groups is 1. The van der Waals surface area contributed by atoms with Crippen LogP contribution in [-0.2, 0) is 6.61 Å². The van der Waals surface area contributed by atoms with Gasteiger partial charge in [0.2, 0.25) is 5.88 Å². The maximum Gasteiger partial charge on any atom is 0.319 e. The summed E-state index contributed by atoms with van der Waals surface area (Å²) in [4.78, 5) is 26.0. The number of carbonyl (C=O) groups excluding carboxylic acids is 2. The molecule has 1 heterocycles. The summed E-state index contributed by atoms with van der Waals surface area (Å²) in [5.41, 5.74) is 4.78. The van der Waals surface area contributed by atoms with E-state index in [1.165, 1.54) is 0 Å². The molecular weight excluding hydrogens is 492 g/mol. The summed E-state index contributed by atoms with van der Waals surface area (Å²) in [5, 5.41) is 14.9. The minimum absolute atomic E-state index is 0.0452. The fourth-order valence-corrected chi connectivity index (χ4v) is 4.00. The number of likely N-dealkylation sites (N-methyl/N-ethyl adjacent to an activating group) is 1. The van der Waals surface area contributed by atoms with Crippen LogP contribution in [0.15, 0.2) is 12.1 Å². The number of carbonyl (C=O) groups is 2. The number of urea groups is 1. The van der Waals surface area contributed by atoms with E-state index in [4.69, 9.17) is 22.1 Å². The first kappa shape index (κ1) is 27.7. The van der Waals surface area contributed by atoms with E-state index in [1.54, 1.807) is 0 Å². The lowest BCUT2D eigenvalue weighted by Gasteiger charge is -2.15. The highest BCUT2D eigenvalue weighted by Gasteiger charge is 2.23. The summed E-state index contributed by atoms with van der Waals surface area (Å²) in [6.45, 7) is 0.430. The molecule has 5 N–H and O–H groups in total. The fourth-order valence-electron chi connectivity index (χ4n) is 3.07. The predicted molar refractivity (Wildman–Crippen MR) is 126 cm³/mol. The van der Waals surface area contributed by atoms with Gasteiger partial charge in [0.15, 0.2) is 0 Å². The lowest BCUT2D eigenvalue weighted by molar-refractivity contribution is 0.0996. The van der Waals surface area contributed by atoms with Gasteiger partial charge in [0.05, 0.1) is 11.7 Å². The topological polar surface area (TPSA) is 130 Å². The van der Waals surface area contributed by atoms with Crippen LogP contribution in [0.2, 0.25) is 5.02 Å². The Bertz CT molecular complexity index is 969. The van der Waals surface area contributed by atoms with Gasteiger partial charge in [-0.25, -0.2) is 13.6 Å². The lowest BCUT2D eigenvalue weighted by Crippen LogP contribution is -2.30. The van der Waals surface area contributed by atoms with Crippen molar-refractivity contribution in [3.8, 4) is 5.88 Å². The number of rotatable bonds is 13. The largest absolute Gasteiger partial charge is 0.471 e. The quantitative estimate of drug-likeness (QED) is 0.300. The normalized spacial score (nSPS) is 12.0. The third kappa shape index (κ3) is 8.67. The summed E-state index contributed by atoms with van der Waals surface area (Å²) in [7, 11) is 3.79. The van der Waals surface area contributed by atoms with E-state index in [9.17, 15) is 23.5 Å². The Labute approximate surface area is 205 Å². The molecule has 1 aromatic carbocycles. The van der Waals surface area contributed by atoms with Crippen molar-refractivity contribution in [2.24, 2.45) is 5.73 Å². The second-order valence-corrected chi connectivity index (χ2v) is 9.05. The van der Waals surface area contributed by atoms with Crippen molar-refractivity contribution in [2.45, 2.75) is 38.4 Å². The van der Waals surface area contributed by atoms with Gasteiger partial charge in [-0.05, 0) is 50.6 Å². The molecule has 1 aromatic heterocycles. The Morgan fingerprint density at radius 3 is 2.56 bits per heavy atom. The Kier molecular flexibility index (Phi) is 10.9. The zero-order valence-corrected chi connectivity index (χ0v) is 20.4. The van der Waals surface area contributed by atoms with Crippen LogP contribution in [-0.4, -0.2) is 59.6 Å². The van der Waals surface area contributed by atoms with Crippen molar-refractivity contribution >= 4 is 40.1 Å². The van der Waals surface area contributed by atoms with Crippen molar-refractivity contribution in [3.63, 3.8) is 0 Å². The summed E-state index contributed by atoms with van der Waals surface area (Å²) >= 11 is 6.34. The van der Waals surface area contributed by atoms with Crippen LogP contribution in [0.1, 0.15) is 41.6 Å². The summed E-state index contributed by atoms with van der Waals surface area (Å²) in [5.74, 6) is -3.00. The molecular formula is C21H28ClF2N5O4S. The van der Waals surface area contributed by atoms with E-state index in [-0.39, 0.29) is 27.6 Å². The highest BCUT2D eigenvalue weighted by Crippen LogP contribution is 2.31. The zero-order chi connectivity index (χ0) is 25.3. The van der Waals surface area contributed by atoms with Crippen LogP contribution in [0.4, 0.5) is 18.6 Å². The van der Waals surface area contributed by atoms with Crippen molar-refractivity contribution in [1.29, 1.82) is 0 Å². The predicted octanol–water partition coefficient (Wildman–Crippen LogP) is 3.36. The molecule has 1 unspecified atom stereocenters. The molecule has 13 heteroatoms. The van der Waals surface area contributed by atoms with Crippen LogP contribution in [0.3, 0.4) is 0 Å². The van der Waals surface area contributed by atoms with Crippen LogP contribution in [0.5, 0.6) is 5.88 Å². The molecule has 1 atom stereocenters. The van der Waals surface area contributed by atoms with Gasteiger partial charge >= 0.3 is 6.03 Å². The third-order valence-corrected chi connectivity index (χ3v) is 5.63. The monoisotopic (exact) mass is 519 g/mol. The number of unbranched alkanes of at least 4 members (excludes halogenated alkanes) is 2. The number of benzene rings is 1. The van der Waals surface area contributed by atoms with Crippen LogP contribution < -0.4 is 21.1 Å². The van der Waals surface area contributed by atoms with E-state index < -0.39 is 35.7 Å². The number of nitrogens with one attached hydrogen (secondary N) is 2. The Morgan fingerprint density at radius 1 is 1.26 bits per heavy atom. The number of anilines is 1. The average Bonchev–Trinajstić information content (AvgIpc) is 3.11. The molecule has 34 heavy (non-hydrogen) atoms. The number of hydrogen-bond donors (Lipinski definition) is 4. The number of primary amides is 1. The second kappa shape index (κ2) is 13.4. The molecule has 0 aliphatic carbocycles. The van der Waals surface area contributed by atoms with Gasteiger partial charge in [-0.1, -0.05) is 24.4 Å². The Hall–Kier alpha value is -2.54. The molecule has 0 aliphatic heterocycles. The molecule has 0 radical (unpaired) electrons. The maximum absolute atomic E-state index is 13.9. The van der Waals surface area contributed by atoms with Crippen LogP contribution in [0, 0.1) is 11.6 Å². The van der Waals surface area contributed by atoms with E-state index in [1.807, 2.05) is 19.0 Å². The van der Waals surface area contributed by atoms with E-state index in [0.29, 0.717) is 25.9 Å². The van der Waals surface area contributed by atoms with E-state index in [2.05, 4.69) is 15.0 Å². The van der Waals surface area contributed by atoms with Crippen molar-refractivity contribution < 1.29 is 28.2 Å². The summed E-state index contributed by atoms with van der Waals surface area (Å²) in [6.07, 6.45) is 2.66. The Balaban J connectivity index is 1.85. The van der Waals surface area contributed by atoms with Crippen LogP contribution >= 0.6 is 23.1 Å². The number of ether oxygens (including phenoxy) is 1. The average molecular weight is 520 g/mol. The van der Waals surface area contributed by atoms with Gasteiger partial charge in [-0.15, -0.1) is 0 Å². The summed E-state index contributed by atoms with van der Waals surface area (Å²) in [6, 6.07) is 1.30. The minimum atomic E-state index is -0.924. The fraction of sp³-hybridized carbons (Fsp3) is 0.476. The maximum atomic E-state index is 13.9. The third-order valence-electron chi connectivity index (χ3n) is 4.67. The molecule has 0 fully saturated rings. The number of aromatic nitrogens is 1. The molecule has 2 aromatic rings. The zero-order valence-electron chi connectivity index (χ0n) is 18.9. The molecule has 0 bridgehead atoms. The van der Waals surface area contributed by atoms with Gasteiger partial charge in [0, 0.05) is 18.1 Å². The first-order valence-corrected chi connectivity index (χ1v) is 11.7. The molecule has 2 rings (SSSR count). The number of nitrogens with zero attached hydrogens (tertiary/aromatic N) is 2. The Morgan fingerprint density at radius 2 is 1.94 bits per heavy atom. The van der Waals surface area contributed by atoms with Crippen molar-refractivity contribution in [1.82, 2.24) is 14.6 Å². The standard InChI is InChI=1S/C21H28ClF2N5O4S/c1-29(2)10-13(30)6-4-3-5-7-26-21(32)27-20-17(18(25)31)19(28-34-20)33-11-14-15(23)8-12(22)9-16(14)24/h8-9,13,30H,3-7,10-11H2,1-2H3,(H2,25,31)(H2,26,27,32).